The monoisotopic (exact) mass is 366 g/mol. The third kappa shape index (κ3) is 4.08. The van der Waals surface area contributed by atoms with Gasteiger partial charge in [0.05, 0.1) is 11.0 Å². The first-order chi connectivity index (χ1) is 12.8. The predicted molar refractivity (Wildman–Crippen MR) is 104 cm³/mol. The predicted octanol–water partition coefficient (Wildman–Crippen LogP) is 2.91. The summed E-state index contributed by atoms with van der Waals surface area (Å²) in [6.07, 6.45) is 0. The molecule has 0 saturated heterocycles. The van der Waals surface area contributed by atoms with E-state index in [1.807, 2.05) is 49.6 Å². The maximum absolute atomic E-state index is 12.4. The van der Waals surface area contributed by atoms with Crippen molar-refractivity contribution in [2.75, 3.05) is 11.9 Å². The number of rotatable bonds is 5. The Hall–Kier alpha value is -3.35. The summed E-state index contributed by atoms with van der Waals surface area (Å²) in [7, 11) is 0. The molecule has 0 aliphatic heterocycles. The number of para-hydroxylation sites is 2. The van der Waals surface area contributed by atoms with Crippen LogP contribution in [0.3, 0.4) is 0 Å². The van der Waals surface area contributed by atoms with E-state index in [2.05, 4.69) is 10.3 Å². The maximum Gasteiger partial charge on any atom is 0.264 e. The number of primary amides is 1. The Morgan fingerprint density at radius 2 is 1.78 bits per heavy atom. The van der Waals surface area contributed by atoms with Crippen molar-refractivity contribution in [1.29, 1.82) is 0 Å². The van der Waals surface area contributed by atoms with Crippen LogP contribution in [0, 0.1) is 0 Å². The zero-order valence-electron chi connectivity index (χ0n) is 15.5. The molecule has 140 valence electrons. The lowest BCUT2D eigenvalue weighted by Crippen LogP contribution is -2.28. The molecule has 0 atom stereocenters. The molecule has 0 spiro atoms. The summed E-state index contributed by atoms with van der Waals surface area (Å²) in [4.78, 5) is 28.0. The standard InChI is InChI=1S/C20H22N4O3/c1-20(2,3)24-16-7-5-4-6-15(16)22-19(24)23-17(25)12-27-14-10-8-13(9-11-14)18(21)26/h4-11H,12H2,1-3H3,(H2,21,26)(H,22,23,25). The number of nitrogens with one attached hydrogen (secondary N) is 1. The molecule has 0 unspecified atom stereocenters. The molecule has 3 N–H and O–H groups in total. The van der Waals surface area contributed by atoms with E-state index in [-0.39, 0.29) is 18.1 Å². The lowest BCUT2D eigenvalue weighted by Gasteiger charge is -2.24. The minimum Gasteiger partial charge on any atom is -0.484 e. The molecule has 1 aromatic heterocycles. The topological polar surface area (TPSA) is 99.2 Å². The van der Waals surface area contributed by atoms with Crippen LogP contribution in [0.2, 0.25) is 0 Å². The minimum absolute atomic E-state index is 0.177. The second kappa shape index (κ2) is 7.11. The van der Waals surface area contributed by atoms with Crippen molar-refractivity contribution in [1.82, 2.24) is 9.55 Å². The first-order valence-corrected chi connectivity index (χ1v) is 8.56. The summed E-state index contributed by atoms with van der Waals surface area (Å²) < 4.78 is 7.46. The molecule has 0 fully saturated rings. The van der Waals surface area contributed by atoms with Crippen molar-refractivity contribution in [3.63, 3.8) is 0 Å². The Kier molecular flexibility index (Phi) is 4.85. The van der Waals surface area contributed by atoms with Crippen LogP contribution in [0.25, 0.3) is 11.0 Å². The molecule has 0 radical (unpaired) electrons. The quantitative estimate of drug-likeness (QED) is 0.725. The van der Waals surface area contributed by atoms with Crippen LogP contribution in [-0.4, -0.2) is 28.0 Å². The lowest BCUT2D eigenvalue weighted by atomic mass is 10.1. The zero-order valence-corrected chi connectivity index (χ0v) is 15.5. The van der Waals surface area contributed by atoms with Crippen molar-refractivity contribution >= 4 is 28.8 Å². The molecular weight excluding hydrogens is 344 g/mol. The van der Waals surface area contributed by atoms with Crippen molar-refractivity contribution in [3.05, 3.63) is 54.1 Å². The fourth-order valence-electron chi connectivity index (χ4n) is 2.81. The molecule has 0 bridgehead atoms. The van der Waals surface area contributed by atoms with E-state index in [1.54, 1.807) is 24.3 Å². The SMILES string of the molecule is CC(C)(C)n1c(NC(=O)COc2ccc(C(N)=O)cc2)nc2ccccc21. The van der Waals surface area contributed by atoms with Gasteiger partial charge < -0.3 is 15.0 Å². The number of ether oxygens (including phenoxy) is 1. The number of imidazole rings is 1. The van der Waals surface area contributed by atoms with Gasteiger partial charge in [0.1, 0.15) is 5.75 Å². The van der Waals surface area contributed by atoms with Crippen LogP contribution >= 0.6 is 0 Å². The summed E-state index contributed by atoms with van der Waals surface area (Å²) in [6, 6.07) is 14.0. The number of carbonyl (C=O) groups is 2. The first-order valence-electron chi connectivity index (χ1n) is 8.56. The molecule has 7 heteroatoms. The zero-order chi connectivity index (χ0) is 19.6. The van der Waals surface area contributed by atoms with Gasteiger partial charge in [-0.25, -0.2) is 4.98 Å². The van der Waals surface area contributed by atoms with Crippen molar-refractivity contribution in [2.45, 2.75) is 26.3 Å². The van der Waals surface area contributed by atoms with E-state index < -0.39 is 5.91 Å². The van der Waals surface area contributed by atoms with Gasteiger partial charge in [-0.1, -0.05) is 12.1 Å². The number of hydrogen-bond acceptors (Lipinski definition) is 4. The van der Waals surface area contributed by atoms with E-state index >= 15 is 0 Å². The highest BCUT2D eigenvalue weighted by Gasteiger charge is 2.22. The van der Waals surface area contributed by atoms with Crippen LogP contribution < -0.4 is 15.8 Å². The van der Waals surface area contributed by atoms with Gasteiger partial charge in [-0.05, 0) is 57.2 Å². The Morgan fingerprint density at radius 3 is 2.41 bits per heavy atom. The fraction of sp³-hybridized carbons (Fsp3) is 0.250. The number of benzene rings is 2. The summed E-state index contributed by atoms with van der Waals surface area (Å²) in [6.45, 7) is 5.97. The van der Waals surface area contributed by atoms with Gasteiger partial charge in [0.25, 0.3) is 5.91 Å². The van der Waals surface area contributed by atoms with Crippen molar-refractivity contribution in [3.8, 4) is 5.75 Å². The molecule has 0 aliphatic rings. The maximum atomic E-state index is 12.4. The Balaban J connectivity index is 1.73. The van der Waals surface area contributed by atoms with Crippen LogP contribution in [0.1, 0.15) is 31.1 Å². The molecule has 1 heterocycles. The van der Waals surface area contributed by atoms with Gasteiger partial charge in [0.2, 0.25) is 11.9 Å². The largest absolute Gasteiger partial charge is 0.484 e. The van der Waals surface area contributed by atoms with E-state index in [9.17, 15) is 9.59 Å². The van der Waals surface area contributed by atoms with Crippen molar-refractivity contribution < 1.29 is 14.3 Å². The molecular formula is C20H22N4O3. The number of carbonyl (C=O) groups excluding carboxylic acids is 2. The molecule has 0 saturated carbocycles. The third-order valence-corrected chi connectivity index (χ3v) is 3.99. The number of nitrogens with zero attached hydrogens (tertiary/aromatic N) is 2. The smallest absolute Gasteiger partial charge is 0.264 e. The van der Waals surface area contributed by atoms with Gasteiger partial charge in [-0.3, -0.25) is 14.9 Å². The summed E-state index contributed by atoms with van der Waals surface area (Å²) in [5.41, 5.74) is 7.08. The molecule has 3 aromatic rings. The third-order valence-electron chi connectivity index (χ3n) is 3.99. The summed E-state index contributed by atoms with van der Waals surface area (Å²) in [5, 5.41) is 2.82. The van der Waals surface area contributed by atoms with E-state index in [4.69, 9.17) is 10.5 Å². The number of aromatic nitrogens is 2. The van der Waals surface area contributed by atoms with Crippen LogP contribution in [0.5, 0.6) is 5.75 Å². The van der Waals surface area contributed by atoms with Gasteiger partial charge in [-0.2, -0.15) is 0 Å². The fourth-order valence-corrected chi connectivity index (χ4v) is 2.81. The van der Waals surface area contributed by atoms with Gasteiger partial charge >= 0.3 is 0 Å². The molecule has 7 nitrogen and oxygen atoms in total. The molecule has 2 aromatic carbocycles. The van der Waals surface area contributed by atoms with Gasteiger partial charge in [0.15, 0.2) is 6.61 Å². The van der Waals surface area contributed by atoms with Crippen molar-refractivity contribution in [2.24, 2.45) is 5.73 Å². The Morgan fingerprint density at radius 1 is 1.11 bits per heavy atom. The Bertz CT molecular complexity index is 985. The van der Waals surface area contributed by atoms with Gasteiger partial charge in [-0.15, -0.1) is 0 Å². The first kappa shape index (κ1) is 18.4. The highest BCUT2D eigenvalue weighted by atomic mass is 16.5. The number of fused-ring (bicyclic) bond motifs is 1. The van der Waals surface area contributed by atoms with Gasteiger partial charge in [0, 0.05) is 11.1 Å². The Labute approximate surface area is 157 Å². The average Bonchev–Trinajstić information content (AvgIpc) is 2.98. The van der Waals surface area contributed by atoms with Crippen LogP contribution in [0.15, 0.2) is 48.5 Å². The molecule has 2 amide bonds. The number of hydrogen-bond donors (Lipinski definition) is 2. The van der Waals surface area contributed by atoms with E-state index in [1.165, 1.54) is 0 Å². The highest BCUT2D eigenvalue weighted by molar-refractivity contribution is 5.93. The molecule has 27 heavy (non-hydrogen) atoms. The highest BCUT2D eigenvalue weighted by Crippen LogP contribution is 2.27. The average molecular weight is 366 g/mol. The second-order valence-electron chi connectivity index (χ2n) is 7.16. The number of amides is 2. The number of nitrogens with two attached hydrogens (primary N) is 1. The van der Waals surface area contributed by atoms with E-state index in [0.717, 1.165) is 11.0 Å². The summed E-state index contributed by atoms with van der Waals surface area (Å²) in [5.74, 6) is 0.107. The lowest BCUT2D eigenvalue weighted by molar-refractivity contribution is -0.118. The number of anilines is 1. The second-order valence-corrected chi connectivity index (χ2v) is 7.16. The van der Waals surface area contributed by atoms with Crippen LogP contribution in [-0.2, 0) is 10.3 Å². The molecule has 3 rings (SSSR count). The minimum atomic E-state index is -0.514. The normalized spacial score (nSPS) is 11.4. The summed E-state index contributed by atoms with van der Waals surface area (Å²) >= 11 is 0. The van der Waals surface area contributed by atoms with Crippen LogP contribution in [0.4, 0.5) is 5.95 Å². The van der Waals surface area contributed by atoms with E-state index in [0.29, 0.717) is 17.3 Å². The molecule has 0 aliphatic carbocycles.